The molecule has 0 bridgehead atoms. The van der Waals surface area contributed by atoms with Crippen molar-refractivity contribution in [3.63, 3.8) is 0 Å². The van der Waals surface area contributed by atoms with Gasteiger partial charge < -0.3 is 9.47 Å². The predicted octanol–water partition coefficient (Wildman–Crippen LogP) is 1.73. The van der Waals surface area contributed by atoms with Crippen molar-refractivity contribution < 1.29 is 14.3 Å². The van der Waals surface area contributed by atoms with Crippen molar-refractivity contribution >= 4 is 5.97 Å². The molecule has 0 saturated carbocycles. The molecule has 1 saturated heterocycles. The second kappa shape index (κ2) is 6.36. The Morgan fingerprint density at radius 3 is 2.76 bits per heavy atom. The number of carbonyl (C=O) groups excluding carboxylic acids is 1. The lowest BCUT2D eigenvalue weighted by atomic mass is 9.88. The Morgan fingerprint density at radius 2 is 2.29 bits per heavy atom. The number of nitrogens with one attached hydrogen (secondary N) is 1. The standard InChI is InChI=1S/C13H25NO3/c1-5-16-12(15)13(4,10(2)3)14-9-11-7-6-8-17-11/h10-11,14H,5-9H2,1-4H3. The third kappa shape index (κ3) is 3.68. The molecule has 0 aromatic heterocycles. The van der Waals surface area contributed by atoms with Crippen LogP contribution in [-0.2, 0) is 14.3 Å². The van der Waals surface area contributed by atoms with Crippen LogP contribution >= 0.6 is 0 Å². The number of hydrogen-bond donors (Lipinski definition) is 1. The van der Waals surface area contributed by atoms with E-state index in [1.807, 2.05) is 27.7 Å². The Kier molecular flexibility index (Phi) is 5.40. The summed E-state index contributed by atoms with van der Waals surface area (Å²) in [5, 5.41) is 3.32. The highest BCUT2D eigenvalue weighted by atomic mass is 16.5. The van der Waals surface area contributed by atoms with Crippen LogP contribution in [0, 0.1) is 5.92 Å². The Labute approximate surface area is 104 Å². The first-order valence-electron chi connectivity index (χ1n) is 6.54. The summed E-state index contributed by atoms with van der Waals surface area (Å²) >= 11 is 0. The zero-order valence-electron chi connectivity index (χ0n) is 11.4. The highest BCUT2D eigenvalue weighted by Gasteiger charge is 2.38. The second-order valence-electron chi connectivity index (χ2n) is 5.09. The lowest BCUT2D eigenvalue weighted by molar-refractivity contribution is -0.152. The summed E-state index contributed by atoms with van der Waals surface area (Å²) in [6, 6.07) is 0. The van der Waals surface area contributed by atoms with E-state index in [-0.39, 0.29) is 18.0 Å². The molecule has 1 aliphatic heterocycles. The van der Waals surface area contributed by atoms with E-state index in [0.29, 0.717) is 13.2 Å². The van der Waals surface area contributed by atoms with Crippen LogP contribution in [0.4, 0.5) is 0 Å². The average molecular weight is 243 g/mol. The third-order valence-corrected chi connectivity index (χ3v) is 3.58. The van der Waals surface area contributed by atoms with Crippen LogP contribution in [0.1, 0.15) is 40.5 Å². The smallest absolute Gasteiger partial charge is 0.326 e. The van der Waals surface area contributed by atoms with Crippen molar-refractivity contribution in [2.45, 2.75) is 52.2 Å². The summed E-state index contributed by atoms with van der Waals surface area (Å²) in [6.07, 6.45) is 2.43. The molecule has 1 N–H and O–H groups in total. The van der Waals surface area contributed by atoms with E-state index in [9.17, 15) is 4.79 Å². The fourth-order valence-electron chi connectivity index (χ4n) is 1.92. The summed E-state index contributed by atoms with van der Waals surface area (Å²) in [7, 11) is 0. The highest BCUT2D eigenvalue weighted by Crippen LogP contribution is 2.20. The van der Waals surface area contributed by atoms with E-state index < -0.39 is 5.54 Å². The van der Waals surface area contributed by atoms with Crippen LogP contribution in [0.3, 0.4) is 0 Å². The second-order valence-corrected chi connectivity index (χ2v) is 5.09. The molecule has 1 heterocycles. The summed E-state index contributed by atoms with van der Waals surface area (Å²) in [6.45, 7) is 9.77. The van der Waals surface area contributed by atoms with E-state index in [2.05, 4.69) is 5.32 Å². The quantitative estimate of drug-likeness (QED) is 0.722. The molecule has 4 nitrogen and oxygen atoms in total. The van der Waals surface area contributed by atoms with Gasteiger partial charge in [-0.3, -0.25) is 10.1 Å². The van der Waals surface area contributed by atoms with Crippen LogP contribution in [0.2, 0.25) is 0 Å². The lowest BCUT2D eigenvalue weighted by Gasteiger charge is -2.33. The van der Waals surface area contributed by atoms with Gasteiger partial charge in [0.2, 0.25) is 0 Å². The summed E-state index contributed by atoms with van der Waals surface area (Å²) in [5.74, 6) is 0.0101. The molecule has 2 atom stereocenters. The maximum Gasteiger partial charge on any atom is 0.326 e. The summed E-state index contributed by atoms with van der Waals surface area (Å²) < 4.78 is 10.7. The van der Waals surface area contributed by atoms with Crippen molar-refractivity contribution in [3.8, 4) is 0 Å². The minimum absolute atomic E-state index is 0.173. The molecule has 100 valence electrons. The maximum atomic E-state index is 12.0. The fourth-order valence-corrected chi connectivity index (χ4v) is 1.92. The first kappa shape index (κ1) is 14.5. The van der Waals surface area contributed by atoms with Gasteiger partial charge in [-0.1, -0.05) is 13.8 Å². The normalized spacial score (nSPS) is 23.7. The van der Waals surface area contributed by atoms with Crippen LogP contribution in [-0.4, -0.2) is 37.4 Å². The van der Waals surface area contributed by atoms with Crippen molar-refractivity contribution in [2.75, 3.05) is 19.8 Å². The fraction of sp³-hybridized carbons (Fsp3) is 0.923. The molecule has 0 aromatic rings. The van der Waals surface area contributed by atoms with Gasteiger partial charge in [0, 0.05) is 13.2 Å². The van der Waals surface area contributed by atoms with Crippen LogP contribution < -0.4 is 5.32 Å². The van der Waals surface area contributed by atoms with E-state index >= 15 is 0 Å². The summed E-state index contributed by atoms with van der Waals surface area (Å²) in [5.41, 5.74) is -0.623. The molecule has 0 aliphatic carbocycles. The number of ether oxygens (including phenoxy) is 2. The number of carbonyl (C=O) groups is 1. The maximum absolute atomic E-state index is 12.0. The number of esters is 1. The van der Waals surface area contributed by atoms with Gasteiger partial charge in [0.25, 0.3) is 0 Å². The molecule has 1 fully saturated rings. The molecule has 4 heteroatoms. The van der Waals surface area contributed by atoms with Gasteiger partial charge in [-0.25, -0.2) is 0 Å². The Morgan fingerprint density at radius 1 is 1.59 bits per heavy atom. The van der Waals surface area contributed by atoms with Crippen LogP contribution in [0.15, 0.2) is 0 Å². The van der Waals surface area contributed by atoms with E-state index in [0.717, 1.165) is 19.4 Å². The molecule has 17 heavy (non-hydrogen) atoms. The van der Waals surface area contributed by atoms with Crippen LogP contribution in [0.5, 0.6) is 0 Å². The SMILES string of the molecule is CCOC(=O)C(C)(NCC1CCCO1)C(C)C. The molecule has 1 rings (SSSR count). The minimum atomic E-state index is -0.623. The van der Waals surface area contributed by atoms with E-state index in [1.54, 1.807) is 0 Å². The Hall–Kier alpha value is -0.610. The molecular weight excluding hydrogens is 218 g/mol. The Bertz CT molecular complexity index is 249. The molecule has 1 aliphatic rings. The molecule has 2 unspecified atom stereocenters. The zero-order valence-corrected chi connectivity index (χ0v) is 11.4. The number of rotatable bonds is 6. The lowest BCUT2D eigenvalue weighted by Crippen LogP contribution is -2.56. The number of hydrogen-bond acceptors (Lipinski definition) is 4. The molecule has 0 spiro atoms. The monoisotopic (exact) mass is 243 g/mol. The first-order valence-corrected chi connectivity index (χ1v) is 6.54. The topological polar surface area (TPSA) is 47.6 Å². The third-order valence-electron chi connectivity index (χ3n) is 3.58. The van der Waals surface area contributed by atoms with Gasteiger partial charge in [-0.2, -0.15) is 0 Å². The zero-order chi connectivity index (χ0) is 12.9. The predicted molar refractivity (Wildman–Crippen MR) is 66.9 cm³/mol. The Balaban J connectivity index is 2.54. The van der Waals surface area contributed by atoms with Crippen molar-refractivity contribution in [2.24, 2.45) is 5.92 Å². The van der Waals surface area contributed by atoms with E-state index in [1.165, 1.54) is 0 Å². The molecule has 0 amide bonds. The van der Waals surface area contributed by atoms with Crippen LogP contribution in [0.25, 0.3) is 0 Å². The van der Waals surface area contributed by atoms with Gasteiger partial charge in [0.05, 0.1) is 12.7 Å². The summed E-state index contributed by atoms with van der Waals surface area (Å²) in [4.78, 5) is 12.0. The van der Waals surface area contributed by atoms with Crippen molar-refractivity contribution in [3.05, 3.63) is 0 Å². The van der Waals surface area contributed by atoms with E-state index in [4.69, 9.17) is 9.47 Å². The van der Waals surface area contributed by atoms with Gasteiger partial charge in [-0.15, -0.1) is 0 Å². The minimum Gasteiger partial charge on any atom is -0.465 e. The van der Waals surface area contributed by atoms with Gasteiger partial charge >= 0.3 is 5.97 Å². The van der Waals surface area contributed by atoms with Gasteiger partial charge in [-0.05, 0) is 32.6 Å². The van der Waals surface area contributed by atoms with Gasteiger partial charge in [0.1, 0.15) is 5.54 Å². The molecule has 0 aromatic carbocycles. The van der Waals surface area contributed by atoms with Crippen molar-refractivity contribution in [1.82, 2.24) is 5.32 Å². The molecule has 0 radical (unpaired) electrons. The first-order chi connectivity index (χ1) is 8.00. The largest absolute Gasteiger partial charge is 0.465 e. The highest BCUT2D eigenvalue weighted by molar-refractivity contribution is 5.80. The average Bonchev–Trinajstić information content (AvgIpc) is 2.78. The van der Waals surface area contributed by atoms with Gasteiger partial charge in [0.15, 0.2) is 0 Å². The van der Waals surface area contributed by atoms with Crippen molar-refractivity contribution in [1.29, 1.82) is 0 Å². The molecular formula is C13H25NO3.